The standard InChI is InChI=1S/C18H25N3/c1-3-8-16(9-4-1)10-7-14-21-15-13-19-18(21)20-17-11-5-2-6-12-17/h1,3-4,8-9,13,15,17H,2,5-7,10-12,14H2,(H,19,20). The van der Waals surface area contributed by atoms with Gasteiger partial charge in [-0.25, -0.2) is 4.98 Å². The van der Waals surface area contributed by atoms with Crippen LogP contribution in [0.5, 0.6) is 0 Å². The van der Waals surface area contributed by atoms with Crippen molar-refractivity contribution in [1.29, 1.82) is 0 Å². The highest BCUT2D eigenvalue weighted by Crippen LogP contribution is 2.21. The van der Waals surface area contributed by atoms with E-state index >= 15 is 0 Å². The van der Waals surface area contributed by atoms with Gasteiger partial charge in [0.25, 0.3) is 0 Å². The number of hydrogen-bond donors (Lipinski definition) is 1. The molecule has 1 fully saturated rings. The summed E-state index contributed by atoms with van der Waals surface area (Å²) < 4.78 is 2.26. The summed E-state index contributed by atoms with van der Waals surface area (Å²) in [6, 6.07) is 11.3. The monoisotopic (exact) mass is 283 g/mol. The highest BCUT2D eigenvalue weighted by Gasteiger charge is 2.14. The van der Waals surface area contributed by atoms with E-state index in [0.717, 1.165) is 25.3 Å². The highest BCUT2D eigenvalue weighted by molar-refractivity contribution is 5.27. The van der Waals surface area contributed by atoms with Gasteiger partial charge in [-0.2, -0.15) is 0 Å². The van der Waals surface area contributed by atoms with Gasteiger partial charge in [-0.1, -0.05) is 49.6 Å². The van der Waals surface area contributed by atoms with Gasteiger partial charge < -0.3 is 9.88 Å². The van der Waals surface area contributed by atoms with Crippen LogP contribution in [0.25, 0.3) is 0 Å². The van der Waals surface area contributed by atoms with E-state index in [2.05, 4.69) is 51.4 Å². The minimum absolute atomic E-state index is 0.619. The van der Waals surface area contributed by atoms with Gasteiger partial charge in [0.05, 0.1) is 0 Å². The molecule has 1 N–H and O–H groups in total. The van der Waals surface area contributed by atoms with E-state index in [1.54, 1.807) is 0 Å². The maximum atomic E-state index is 4.49. The smallest absolute Gasteiger partial charge is 0.202 e. The molecule has 1 heterocycles. The third kappa shape index (κ3) is 4.10. The number of rotatable bonds is 6. The number of aryl methyl sites for hydroxylation is 2. The van der Waals surface area contributed by atoms with Crippen molar-refractivity contribution in [3.05, 3.63) is 48.3 Å². The zero-order valence-corrected chi connectivity index (χ0v) is 12.7. The van der Waals surface area contributed by atoms with Crippen molar-refractivity contribution in [3.8, 4) is 0 Å². The second-order valence-electron chi connectivity index (χ2n) is 6.01. The van der Waals surface area contributed by atoms with Gasteiger partial charge in [0, 0.05) is 25.0 Å². The SMILES string of the molecule is c1ccc(CCCn2ccnc2NC2CCCCC2)cc1. The number of hydrogen-bond acceptors (Lipinski definition) is 2. The van der Waals surface area contributed by atoms with Crippen LogP contribution in [0.2, 0.25) is 0 Å². The number of anilines is 1. The first-order valence-electron chi connectivity index (χ1n) is 8.23. The topological polar surface area (TPSA) is 29.9 Å². The summed E-state index contributed by atoms with van der Waals surface area (Å²) in [6.07, 6.45) is 13.0. The Morgan fingerprint density at radius 2 is 1.90 bits per heavy atom. The van der Waals surface area contributed by atoms with Gasteiger partial charge in [0.15, 0.2) is 0 Å². The maximum absolute atomic E-state index is 4.49. The first-order valence-corrected chi connectivity index (χ1v) is 8.23. The number of imidazole rings is 1. The zero-order chi connectivity index (χ0) is 14.3. The fraction of sp³-hybridized carbons (Fsp3) is 0.500. The molecular weight excluding hydrogens is 258 g/mol. The first-order chi connectivity index (χ1) is 10.4. The lowest BCUT2D eigenvalue weighted by molar-refractivity contribution is 0.458. The fourth-order valence-electron chi connectivity index (χ4n) is 3.16. The molecule has 1 aliphatic carbocycles. The lowest BCUT2D eigenvalue weighted by atomic mass is 9.96. The van der Waals surface area contributed by atoms with Crippen molar-refractivity contribution in [1.82, 2.24) is 9.55 Å². The molecule has 1 saturated carbocycles. The molecule has 0 radical (unpaired) electrons. The predicted octanol–water partition coefficient (Wildman–Crippen LogP) is 4.26. The van der Waals surface area contributed by atoms with E-state index in [1.807, 2.05) is 6.20 Å². The molecule has 0 aliphatic heterocycles. The molecule has 1 aromatic heterocycles. The summed E-state index contributed by atoms with van der Waals surface area (Å²) in [5, 5.41) is 3.63. The molecule has 3 rings (SSSR count). The summed E-state index contributed by atoms with van der Waals surface area (Å²) in [6.45, 7) is 1.03. The maximum Gasteiger partial charge on any atom is 0.202 e. The summed E-state index contributed by atoms with van der Waals surface area (Å²) >= 11 is 0. The number of nitrogens with one attached hydrogen (secondary N) is 1. The molecule has 0 amide bonds. The molecular formula is C18H25N3. The summed E-state index contributed by atoms with van der Waals surface area (Å²) in [4.78, 5) is 4.49. The average Bonchev–Trinajstić information content (AvgIpc) is 2.97. The van der Waals surface area contributed by atoms with Crippen LogP contribution in [0.3, 0.4) is 0 Å². The second kappa shape index (κ2) is 7.30. The third-order valence-corrected chi connectivity index (χ3v) is 4.36. The predicted molar refractivity (Wildman–Crippen MR) is 87.5 cm³/mol. The van der Waals surface area contributed by atoms with Crippen LogP contribution < -0.4 is 5.32 Å². The Balaban J connectivity index is 1.50. The normalized spacial score (nSPS) is 16.0. The molecule has 0 bridgehead atoms. The van der Waals surface area contributed by atoms with Crippen molar-refractivity contribution in [2.75, 3.05) is 5.32 Å². The largest absolute Gasteiger partial charge is 0.353 e. The van der Waals surface area contributed by atoms with Crippen molar-refractivity contribution >= 4 is 5.95 Å². The van der Waals surface area contributed by atoms with Gasteiger partial charge in [-0.3, -0.25) is 0 Å². The molecule has 21 heavy (non-hydrogen) atoms. The molecule has 0 saturated heterocycles. The Morgan fingerprint density at radius 1 is 1.10 bits per heavy atom. The minimum Gasteiger partial charge on any atom is -0.353 e. The van der Waals surface area contributed by atoms with Gasteiger partial charge in [0.2, 0.25) is 5.95 Å². The molecule has 0 unspecified atom stereocenters. The van der Waals surface area contributed by atoms with Gasteiger partial charge in [-0.05, 0) is 31.2 Å². The summed E-state index contributed by atoms with van der Waals surface area (Å²) in [5.74, 6) is 1.05. The van der Waals surface area contributed by atoms with E-state index < -0.39 is 0 Å². The van der Waals surface area contributed by atoms with E-state index in [-0.39, 0.29) is 0 Å². The minimum atomic E-state index is 0.619. The van der Waals surface area contributed by atoms with Crippen molar-refractivity contribution < 1.29 is 0 Å². The fourth-order valence-corrected chi connectivity index (χ4v) is 3.16. The Labute approximate surface area is 127 Å². The van der Waals surface area contributed by atoms with Crippen LogP contribution in [-0.4, -0.2) is 15.6 Å². The van der Waals surface area contributed by atoms with E-state index in [0.29, 0.717) is 6.04 Å². The molecule has 1 aromatic carbocycles. The van der Waals surface area contributed by atoms with Crippen molar-refractivity contribution in [3.63, 3.8) is 0 Å². The van der Waals surface area contributed by atoms with Crippen LogP contribution in [0.4, 0.5) is 5.95 Å². The molecule has 2 aromatic rings. The van der Waals surface area contributed by atoms with Crippen molar-refractivity contribution in [2.45, 2.75) is 57.5 Å². The number of nitrogens with zero attached hydrogens (tertiary/aromatic N) is 2. The van der Waals surface area contributed by atoms with E-state index in [4.69, 9.17) is 0 Å². The van der Waals surface area contributed by atoms with Gasteiger partial charge >= 0.3 is 0 Å². The molecule has 112 valence electrons. The lowest BCUT2D eigenvalue weighted by Crippen LogP contribution is -2.24. The average molecular weight is 283 g/mol. The summed E-state index contributed by atoms with van der Waals surface area (Å²) in [5.41, 5.74) is 1.42. The molecule has 1 aliphatic rings. The molecule has 3 nitrogen and oxygen atoms in total. The Bertz CT molecular complexity index is 526. The van der Waals surface area contributed by atoms with Gasteiger partial charge in [0.1, 0.15) is 0 Å². The van der Waals surface area contributed by atoms with Crippen LogP contribution in [-0.2, 0) is 13.0 Å². The molecule has 3 heteroatoms. The Morgan fingerprint density at radius 3 is 2.71 bits per heavy atom. The van der Waals surface area contributed by atoms with E-state index in [1.165, 1.54) is 37.7 Å². The third-order valence-electron chi connectivity index (χ3n) is 4.36. The van der Waals surface area contributed by atoms with Gasteiger partial charge in [-0.15, -0.1) is 0 Å². The van der Waals surface area contributed by atoms with Crippen LogP contribution in [0.15, 0.2) is 42.7 Å². The Hall–Kier alpha value is -1.77. The van der Waals surface area contributed by atoms with Crippen molar-refractivity contribution in [2.24, 2.45) is 0 Å². The summed E-state index contributed by atoms with van der Waals surface area (Å²) in [7, 11) is 0. The lowest BCUT2D eigenvalue weighted by Gasteiger charge is -2.23. The van der Waals surface area contributed by atoms with Crippen LogP contribution in [0.1, 0.15) is 44.1 Å². The number of benzene rings is 1. The number of aromatic nitrogens is 2. The quantitative estimate of drug-likeness (QED) is 0.858. The van der Waals surface area contributed by atoms with E-state index in [9.17, 15) is 0 Å². The van der Waals surface area contributed by atoms with Crippen LogP contribution in [0, 0.1) is 0 Å². The first kappa shape index (κ1) is 14.2. The molecule has 0 spiro atoms. The highest BCUT2D eigenvalue weighted by atomic mass is 15.2. The van der Waals surface area contributed by atoms with Crippen LogP contribution >= 0.6 is 0 Å². The Kier molecular flexibility index (Phi) is 4.93. The zero-order valence-electron chi connectivity index (χ0n) is 12.7. The second-order valence-corrected chi connectivity index (χ2v) is 6.01. The molecule has 0 atom stereocenters.